The molecule has 1 amide bonds. The van der Waals surface area contributed by atoms with Gasteiger partial charge in [-0.15, -0.1) is 0 Å². The molecule has 15 heteroatoms. The molecule has 2 aliphatic rings. The number of halogens is 3. The third-order valence-corrected chi connectivity index (χ3v) is 10.5. The predicted octanol–water partition coefficient (Wildman–Crippen LogP) is 3.60. The summed E-state index contributed by atoms with van der Waals surface area (Å²) in [7, 11) is -7.74. The zero-order chi connectivity index (χ0) is 31.8. The van der Waals surface area contributed by atoms with Crippen LogP contribution in [0.15, 0.2) is 82.3 Å². The fraction of sp³-hybridized carbons (Fsp3) is 0.276. The number of aliphatic imine (C=N–C) groups is 1. The second kappa shape index (κ2) is 11.9. The fourth-order valence-electron chi connectivity index (χ4n) is 4.96. The quantitative estimate of drug-likeness (QED) is 0.384. The molecule has 0 saturated carbocycles. The van der Waals surface area contributed by atoms with Crippen molar-refractivity contribution in [2.45, 2.75) is 42.9 Å². The topological polar surface area (TPSA) is 138 Å². The Labute approximate surface area is 252 Å². The molecule has 10 nitrogen and oxygen atoms in total. The first-order valence-corrected chi connectivity index (χ1v) is 16.4. The lowest BCUT2D eigenvalue weighted by Gasteiger charge is -2.34. The van der Waals surface area contributed by atoms with E-state index in [1.165, 1.54) is 40.7 Å². The second-order valence-corrected chi connectivity index (χ2v) is 14.1. The van der Waals surface area contributed by atoms with Gasteiger partial charge < -0.3 is 5.32 Å². The molecule has 2 N–H and O–H groups in total. The SMILES string of the molecule is Cc1cc(S(=O)(=O)NCc2cccnc2)ccc1C=CS(=O)(=O)N1CCC2(CC1)N=C(c1cccc(C(F)(F)F)c1)NC2=O. The van der Waals surface area contributed by atoms with Gasteiger partial charge in [-0.2, -0.15) is 17.5 Å². The van der Waals surface area contributed by atoms with E-state index >= 15 is 0 Å². The Morgan fingerprint density at radius 1 is 1.05 bits per heavy atom. The lowest BCUT2D eigenvalue weighted by Crippen LogP contribution is -2.50. The normalized spacial score (nSPS) is 17.6. The fourth-order valence-corrected chi connectivity index (χ4v) is 7.24. The summed E-state index contributed by atoms with van der Waals surface area (Å²) in [6, 6.07) is 12.3. The molecule has 1 saturated heterocycles. The van der Waals surface area contributed by atoms with Crippen molar-refractivity contribution < 1.29 is 34.8 Å². The van der Waals surface area contributed by atoms with Crippen molar-refractivity contribution in [1.82, 2.24) is 19.3 Å². The van der Waals surface area contributed by atoms with E-state index in [0.717, 1.165) is 17.5 Å². The largest absolute Gasteiger partial charge is 0.416 e. The number of alkyl halides is 3. The Morgan fingerprint density at radius 2 is 1.80 bits per heavy atom. The highest BCUT2D eigenvalue weighted by Crippen LogP contribution is 2.34. The number of nitrogens with zero attached hydrogens (tertiary/aromatic N) is 3. The minimum atomic E-state index is -4.56. The third kappa shape index (κ3) is 6.75. The Hall–Kier alpha value is -3.92. The molecule has 2 aliphatic heterocycles. The standard InChI is InChI=1S/C29H28F3N5O5S2/c1-20-16-25(44(41,42)34-19-21-4-3-12-33-18-21)8-7-22(20)9-15-43(39,40)37-13-10-28(11-14-37)27(38)35-26(36-28)23-5-2-6-24(17-23)29(30,31)32/h2-9,12,15-18,34H,10-11,13-14,19H2,1H3,(H,35,36,38). The molecule has 1 fully saturated rings. The van der Waals surface area contributed by atoms with Crippen LogP contribution in [0, 0.1) is 6.92 Å². The summed E-state index contributed by atoms with van der Waals surface area (Å²) in [5.74, 6) is -0.469. The Kier molecular flexibility index (Phi) is 8.50. The number of sulfonamides is 2. The van der Waals surface area contributed by atoms with Crippen LogP contribution in [0.4, 0.5) is 13.2 Å². The Bertz CT molecular complexity index is 1850. The Morgan fingerprint density at radius 3 is 2.45 bits per heavy atom. The molecule has 0 bridgehead atoms. The molecule has 2 aromatic carbocycles. The predicted molar refractivity (Wildman–Crippen MR) is 157 cm³/mol. The molecule has 3 aromatic rings. The molecule has 5 rings (SSSR count). The van der Waals surface area contributed by atoms with Crippen molar-refractivity contribution in [3.8, 4) is 0 Å². The molecule has 1 spiro atoms. The highest BCUT2D eigenvalue weighted by atomic mass is 32.2. The van der Waals surface area contributed by atoms with Gasteiger partial charge in [0.25, 0.3) is 5.91 Å². The van der Waals surface area contributed by atoms with Gasteiger partial charge in [-0.1, -0.05) is 24.3 Å². The summed E-state index contributed by atoms with van der Waals surface area (Å²) in [6.45, 7) is 1.66. The maximum absolute atomic E-state index is 13.2. The average molecular weight is 648 g/mol. The van der Waals surface area contributed by atoms with Gasteiger partial charge in [0, 0.05) is 43.0 Å². The Balaban J connectivity index is 1.24. The van der Waals surface area contributed by atoms with E-state index in [1.807, 2.05) is 0 Å². The van der Waals surface area contributed by atoms with Gasteiger partial charge in [0.05, 0.1) is 10.5 Å². The lowest BCUT2D eigenvalue weighted by molar-refractivity contribution is -0.137. The number of nitrogens with one attached hydrogen (secondary N) is 2. The van der Waals surface area contributed by atoms with Gasteiger partial charge in [-0.05, 0) is 72.9 Å². The van der Waals surface area contributed by atoms with Crippen molar-refractivity contribution in [3.63, 3.8) is 0 Å². The van der Waals surface area contributed by atoms with Crippen molar-refractivity contribution in [3.05, 3.63) is 100 Å². The van der Waals surface area contributed by atoms with Gasteiger partial charge in [0.2, 0.25) is 20.0 Å². The summed E-state index contributed by atoms with van der Waals surface area (Å²) >= 11 is 0. The summed E-state index contributed by atoms with van der Waals surface area (Å²) in [5.41, 5.74) is -0.303. The van der Waals surface area contributed by atoms with Gasteiger partial charge in [0.15, 0.2) is 0 Å². The number of carbonyl (C=O) groups is 1. The number of amides is 1. The average Bonchev–Trinajstić information content (AvgIpc) is 3.30. The molecule has 232 valence electrons. The number of rotatable bonds is 8. The monoisotopic (exact) mass is 647 g/mol. The minimum absolute atomic E-state index is 0.0190. The number of pyridine rings is 1. The first-order valence-electron chi connectivity index (χ1n) is 13.4. The van der Waals surface area contributed by atoms with E-state index in [0.29, 0.717) is 16.7 Å². The summed E-state index contributed by atoms with van der Waals surface area (Å²) < 4.78 is 94.9. The van der Waals surface area contributed by atoms with Crippen molar-refractivity contribution >= 4 is 37.9 Å². The van der Waals surface area contributed by atoms with Gasteiger partial charge in [-0.3, -0.25) is 14.8 Å². The van der Waals surface area contributed by atoms with E-state index in [1.54, 1.807) is 31.5 Å². The van der Waals surface area contributed by atoms with E-state index in [4.69, 9.17) is 0 Å². The highest BCUT2D eigenvalue weighted by Gasteiger charge is 2.47. The summed E-state index contributed by atoms with van der Waals surface area (Å²) in [6.07, 6.45) is 0.0531. The first-order chi connectivity index (χ1) is 20.7. The van der Waals surface area contributed by atoms with Crippen LogP contribution in [0.2, 0.25) is 0 Å². The number of aromatic nitrogens is 1. The molecule has 0 radical (unpaired) electrons. The van der Waals surface area contributed by atoms with Crippen LogP contribution >= 0.6 is 0 Å². The van der Waals surface area contributed by atoms with Gasteiger partial charge in [0.1, 0.15) is 11.4 Å². The maximum atomic E-state index is 13.2. The van der Waals surface area contributed by atoms with Crippen LogP contribution in [-0.2, 0) is 37.6 Å². The van der Waals surface area contributed by atoms with Crippen molar-refractivity contribution in [1.29, 1.82) is 0 Å². The lowest BCUT2D eigenvalue weighted by atomic mass is 9.89. The van der Waals surface area contributed by atoms with Crippen LogP contribution < -0.4 is 10.0 Å². The highest BCUT2D eigenvalue weighted by molar-refractivity contribution is 7.92. The van der Waals surface area contributed by atoms with Crippen LogP contribution in [0.25, 0.3) is 6.08 Å². The van der Waals surface area contributed by atoms with Crippen molar-refractivity contribution in [2.75, 3.05) is 13.1 Å². The summed E-state index contributed by atoms with van der Waals surface area (Å²) in [5, 5.41) is 3.58. The number of benzene rings is 2. The van der Waals surface area contributed by atoms with Gasteiger partial charge >= 0.3 is 6.18 Å². The first kappa shape index (κ1) is 31.5. The van der Waals surface area contributed by atoms with E-state index in [9.17, 15) is 34.8 Å². The van der Waals surface area contributed by atoms with E-state index in [2.05, 4.69) is 20.0 Å². The maximum Gasteiger partial charge on any atom is 0.416 e. The van der Waals surface area contributed by atoms with Crippen LogP contribution in [0.3, 0.4) is 0 Å². The molecule has 1 aromatic heterocycles. The smallest absolute Gasteiger partial charge is 0.308 e. The van der Waals surface area contributed by atoms with Crippen LogP contribution in [0.1, 0.15) is 40.7 Å². The molecular weight excluding hydrogens is 619 g/mol. The number of hydrogen-bond acceptors (Lipinski definition) is 7. The zero-order valence-corrected chi connectivity index (χ0v) is 25.0. The molecule has 44 heavy (non-hydrogen) atoms. The van der Waals surface area contributed by atoms with Crippen LogP contribution in [0.5, 0.6) is 0 Å². The summed E-state index contributed by atoms with van der Waals surface area (Å²) in [4.78, 5) is 21.3. The molecular formula is C29H28F3N5O5S2. The minimum Gasteiger partial charge on any atom is -0.308 e. The second-order valence-electron chi connectivity index (χ2n) is 10.5. The number of amidine groups is 1. The van der Waals surface area contributed by atoms with Gasteiger partial charge in [-0.25, -0.2) is 21.6 Å². The van der Waals surface area contributed by atoms with E-state index in [-0.39, 0.29) is 48.8 Å². The third-order valence-electron chi connectivity index (χ3n) is 7.51. The molecule has 0 unspecified atom stereocenters. The molecule has 3 heterocycles. The molecule has 0 aliphatic carbocycles. The zero-order valence-electron chi connectivity index (χ0n) is 23.4. The van der Waals surface area contributed by atoms with E-state index < -0.39 is 43.2 Å². The number of hydrogen-bond donors (Lipinski definition) is 2. The number of carbonyl (C=O) groups excluding carboxylic acids is 1. The number of aryl methyl sites for hydroxylation is 1. The van der Waals surface area contributed by atoms with Crippen molar-refractivity contribution in [2.24, 2.45) is 4.99 Å². The van der Waals surface area contributed by atoms with Crippen LogP contribution in [-0.4, -0.2) is 56.5 Å². The number of piperidine rings is 1. The molecule has 0 atom stereocenters.